The second-order valence-electron chi connectivity index (χ2n) is 3.86. The van der Waals surface area contributed by atoms with E-state index in [1.165, 1.54) is 0 Å². The molecule has 5 nitrogen and oxygen atoms in total. The molecule has 18 heavy (non-hydrogen) atoms. The third kappa shape index (κ3) is 2.31. The van der Waals surface area contributed by atoms with Crippen LogP contribution in [0.2, 0.25) is 0 Å². The number of nitrogen functional groups attached to an aromatic ring is 1. The summed E-state index contributed by atoms with van der Waals surface area (Å²) in [5.74, 6) is -0.504. The number of aliphatic hydroxyl groups is 1. The minimum Gasteiger partial charge on any atom is -0.387 e. The number of fused-ring (bicyclic) bond motifs is 1. The number of anilines is 1. The summed E-state index contributed by atoms with van der Waals surface area (Å²) in [6.07, 6.45) is 0. The van der Waals surface area contributed by atoms with Crippen molar-refractivity contribution in [3.63, 3.8) is 0 Å². The minimum absolute atomic E-state index is 0.0276. The van der Waals surface area contributed by atoms with E-state index in [4.69, 9.17) is 16.2 Å². The predicted octanol–water partition coefficient (Wildman–Crippen LogP) is 1.05. The summed E-state index contributed by atoms with van der Waals surface area (Å²) in [6.45, 7) is -0.567. The van der Waals surface area contributed by atoms with Gasteiger partial charge in [0.1, 0.15) is 12.4 Å². The van der Waals surface area contributed by atoms with Crippen molar-refractivity contribution in [3.8, 4) is 0 Å². The average Bonchev–Trinajstić information content (AvgIpc) is 2.38. The van der Waals surface area contributed by atoms with Gasteiger partial charge in [0.05, 0.1) is 0 Å². The molecule has 0 radical (unpaired) electrons. The van der Waals surface area contributed by atoms with Gasteiger partial charge in [-0.05, 0) is 17.5 Å². The molecule has 0 saturated heterocycles. The van der Waals surface area contributed by atoms with E-state index in [2.05, 4.69) is 5.32 Å². The van der Waals surface area contributed by atoms with Gasteiger partial charge in [0.2, 0.25) is 5.91 Å². The average molecular weight is 243 g/mol. The monoisotopic (exact) mass is 243 g/mol. The summed E-state index contributed by atoms with van der Waals surface area (Å²) >= 11 is 0. The number of rotatable bonds is 3. The van der Waals surface area contributed by atoms with Crippen LogP contribution < -0.4 is 11.1 Å². The van der Waals surface area contributed by atoms with Crippen LogP contribution >= 0.6 is 0 Å². The number of nitrogens with one attached hydrogen (secondary N) is 2. The zero-order valence-electron chi connectivity index (χ0n) is 9.60. The normalized spacial score (nSPS) is 10.3. The van der Waals surface area contributed by atoms with Crippen molar-refractivity contribution in [1.29, 1.82) is 5.41 Å². The standard InChI is InChI=1S/C13H13N3O2/c14-13(15)9-5-4-8-2-1-3-11(10(8)6-9)16-12(18)7-17/h1-6,17H,7H2,(H3,14,15)(H,16,18). The highest BCUT2D eigenvalue weighted by molar-refractivity contribution is 6.06. The van der Waals surface area contributed by atoms with Crippen molar-refractivity contribution in [1.82, 2.24) is 0 Å². The summed E-state index contributed by atoms with van der Waals surface area (Å²) in [5, 5.41) is 20.5. The van der Waals surface area contributed by atoms with Crippen molar-refractivity contribution >= 4 is 28.2 Å². The number of carbonyl (C=O) groups is 1. The van der Waals surface area contributed by atoms with Crippen molar-refractivity contribution in [2.75, 3.05) is 11.9 Å². The number of aliphatic hydroxyl groups excluding tert-OH is 1. The first-order valence-corrected chi connectivity index (χ1v) is 5.39. The Morgan fingerprint density at radius 2 is 2.11 bits per heavy atom. The Kier molecular flexibility index (Phi) is 3.25. The molecule has 0 heterocycles. The van der Waals surface area contributed by atoms with Crippen LogP contribution in [0.15, 0.2) is 36.4 Å². The molecular weight excluding hydrogens is 230 g/mol. The van der Waals surface area contributed by atoms with Crippen LogP contribution in [0.5, 0.6) is 0 Å². The Balaban J connectivity index is 2.55. The molecule has 0 aliphatic rings. The molecular formula is C13H13N3O2. The van der Waals surface area contributed by atoms with Gasteiger partial charge < -0.3 is 16.2 Å². The van der Waals surface area contributed by atoms with Crippen LogP contribution in [0.3, 0.4) is 0 Å². The van der Waals surface area contributed by atoms with Crippen molar-refractivity contribution in [3.05, 3.63) is 42.0 Å². The maximum atomic E-state index is 11.2. The van der Waals surface area contributed by atoms with Crippen molar-refractivity contribution < 1.29 is 9.90 Å². The SMILES string of the molecule is N=C(N)c1ccc2cccc(NC(=O)CO)c2c1. The van der Waals surface area contributed by atoms with E-state index >= 15 is 0 Å². The molecule has 1 amide bonds. The Morgan fingerprint density at radius 1 is 1.33 bits per heavy atom. The molecule has 0 saturated carbocycles. The zero-order chi connectivity index (χ0) is 13.1. The third-order valence-corrected chi connectivity index (χ3v) is 2.61. The van der Waals surface area contributed by atoms with Gasteiger partial charge in [-0.15, -0.1) is 0 Å². The lowest BCUT2D eigenvalue weighted by Gasteiger charge is -2.09. The van der Waals surface area contributed by atoms with Crippen LogP contribution in [0, 0.1) is 5.41 Å². The molecule has 2 aromatic carbocycles. The molecule has 0 bridgehead atoms. The molecule has 0 atom stereocenters. The first-order chi connectivity index (χ1) is 8.61. The summed E-state index contributed by atoms with van der Waals surface area (Å²) in [4.78, 5) is 11.2. The molecule has 5 N–H and O–H groups in total. The summed E-state index contributed by atoms with van der Waals surface area (Å²) in [7, 11) is 0. The lowest BCUT2D eigenvalue weighted by molar-refractivity contribution is -0.118. The van der Waals surface area contributed by atoms with Crippen molar-refractivity contribution in [2.24, 2.45) is 5.73 Å². The molecule has 2 rings (SSSR count). The largest absolute Gasteiger partial charge is 0.387 e. The Hall–Kier alpha value is -2.40. The Labute approximate surface area is 104 Å². The van der Waals surface area contributed by atoms with Crippen LogP contribution in [0.1, 0.15) is 5.56 Å². The van der Waals surface area contributed by atoms with Crippen LogP contribution in [-0.2, 0) is 4.79 Å². The van der Waals surface area contributed by atoms with Crippen LogP contribution in [0.25, 0.3) is 10.8 Å². The number of carbonyl (C=O) groups excluding carboxylic acids is 1. The third-order valence-electron chi connectivity index (χ3n) is 2.61. The first kappa shape index (κ1) is 12.1. The molecule has 2 aromatic rings. The highest BCUT2D eigenvalue weighted by Gasteiger charge is 2.06. The number of nitrogens with two attached hydrogens (primary N) is 1. The Morgan fingerprint density at radius 3 is 2.78 bits per heavy atom. The second kappa shape index (κ2) is 4.85. The van der Waals surface area contributed by atoms with Gasteiger partial charge in [0.15, 0.2) is 0 Å². The van der Waals surface area contributed by atoms with E-state index in [-0.39, 0.29) is 5.84 Å². The maximum Gasteiger partial charge on any atom is 0.250 e. The van der Waals surface area contributed by atoms with Gasteiger partial charge >= 0.3 is 0 Å². The molecule has 0 fully saturated rings. The molecule has 0 unspecified atom stereocenters. The highest BCUT2D eigenvalue weighted by Crippen LogP contribution is 2.24. The maximum absolute atomic E-state index is 11.2. The number of amides is 1. The first-order valence-electron chi connectivity index (χ1n) is 5.39. The zero-order valence-corrected chi connectivity index (χ0v) is 9.60. The van der Waals surface area contributed by atoms with E-state index in [1.54, 1.807) is 18.2 Å². The molecule has 0 spiro atoms. The fraction of sp³-hybridized carbons (Fsp3) is 0.0769. The van der Waals surface area contributed by atoms with E-state index in [0.717, 1.165) is 10.8 Å². The second-order valence-corrected chi connectivity index (χ2v) is 3.86. The highest BCUT2D eigenvalue weighted by atomic mass is 16.3. The van der Waals surface area contributed by atoms with E-state index in [9.17, 15) is 4.79 Å². The van der Waals surface area contributed by atoms with E-state index in [1.807, 2.05) is 18.2 Å². The number of hydrogen-bond acceptors (Lipinski definition) is 3. The molecule has 0 aliphatic carbocycles. The predicted molar refractivity (Wildman–Crippen MR) is 70.7 cm³/mol. The van der Waals surface area contributed by atoms with Gasteiger partial charge in [-0.1, -0.05) is 24.3 Å². The topological polar surface area (TPSA) is 99.2 Å². The fourth-order valence-corrected chi connectivity index (χ4v) is 1.74. The fourth-order valence-electron chi connectivity index (χ4n) is 1.74. The summed E-state index contributed by atoms with van der Waals surface area (Å²) < 4.78 is 0. The van der Waals surface area contributed by atoms with E-state index < -0.39 is 12.5 Å². The van der Waals surface area contributed by atoms with Gasteiger partial charge in [-0.25, -0.2) is 0 Å². The molecule has 0 aromatic heterocycles. The lowest BCUT2D eigenvalue weighted by Crippen LogP contribution is -2.16. The molecule has 92 valence electrons. The van der Waals surface area contributed by atoms with Gasteiger partial charge in [0, 0.05) is 16.6 Å². The molecule has 5 heteroatoms. The van der Waals surface area contributed by atoms with Crippen LogP contribution in [0.4, 0.5) is 5.69 Å². The van der Waals surface area contributed by atoms with Gasteiger partial charge in [-0.3, -0.25) is 10.2 Å². The minimum atomic E-state index is -0.567. The summed E-state index contributed by atoms with van der Waals surface area (Å²) in [6, 6.07) is 10.8. The number of hydrogen-bond donors (Lipinski definition) is 4. The Bertz CT molecular complexity index is 623. The quantitative estimate of drug-likeness (QED) is 0.479. The van der Waals surface area contributed by atoms with E-state index in [0.29, 0.717) is 11.3 Å². The lowest BCUT2D eigenvalue weighted by atomic mass is 10.0. The number of amidine groups is 1. The van der Waals surface area contributed by atoms with Gasteiger partial charge in [0.25, 0.3) is 0 Å². The van der Waals surface area contributed by atoms with Gasteiger partial charge in [-0.2, -0.15) is 0 Å². The number of benzene rings is 2. The molecule has 0 aliphatic heterocycles. The summed E-state index contributed by atoms with van der Waals surface area (Å²) in [5.41, 5.74) is 6.62. The van der Waals surface area contributed by atoms with Crippen molar-refractivity contribution in [2.45, 2.75) is 0 Å². The van der Waals surface area contributed by atoms with Crippen LogP contribution in [-0.4, -0.2) is 23.5 Å². The smallest absolute Gasteiger partial charge is 0.250 e.